The first-order chi connectivity index (χ1) is 21.0. The molecule has 0 aliphatic carbocycles. The summed E-state index contributed by atoms with van der Waals surface area (Å²) in [5.74, 6) is 0.420. The number of amides is 3. The lowest BCUT2D eigenvalue weighted by atomic mass is 9.94. The summed E-state index contributed by atoms with van der Waals surface area (Å²) in [5, 5.41) is 4.22. The Hall–Kier alpha value is -4.86. The number of benzene rings is 2. The number of likely N-dealkylation sites (tertiary alicyclic amines) is 1. The van der Waals surface area contributed by atoms with Crippen LogP contribution in [0, 0.1) is 0 Å². The second-order valence-corrected chi connectivity index (χ2v) is 11.0. The molecular formula is C33H35N5O5. The van der Waals surface area contributed by atoms with Gasteiger partial charge in [0.1, 0.15) is 12.3 Å². The Kier molecular flexibility index (Phi) is 8.26. The molecule has 43 heavy (non-hydrogen) atoms. The van der Waals surface area contributed by atoms with E-state index in [1.807, 2.05) is 65.4 Å². The zero-order valence-corrected chi connectivity index (χ0v) is 24.1. The van der Waals surface area contributed by atoms with Crippen molar-refractivity contribution in [3.05, 3.63) is 90.3 Å². The van der Waals surface area contributed by atoms with Crippen LogP contribution in [0.3, 0.4) is 0 Å². The van der Waals surface area contributed by atoms with Crippen LogP contribution >= 0.6 is 0 Å². The number of rotatable bonds is 4. The Balaban J connectivity index is 1.23. The Morgan fingerprint density at radius 1 is 1.02 bits per heavy atom. The number of nitrogens with zero attached hydrogens (tertiary/aromatic N) is 4. The molecule has 2 aromatic carbocycles. The lowest BCUT2D eigenvalue weighted by molar-refractivity contribution is -0.136. The third-order valence-corrected chi connectivity index (χ3v) is 8.19. The average molecular weight is 582 g/mol. The third kappa shape index (κ3) is 6.33. The van der Waals surface area contributed by atoms with Gasteiger partial charge in [0.05, 0.1) is 26.3 Å². The van der Waals surface area contributed by atoms with E-state index in [0.29, 0.717) is 44.1 Å². The molecule has 2 aliphatic rings. The summed E-state index contributed by atoms with van der Waals surface area (Å²) in [6.07, 6.45) is 4.89. The number of hydrogen-bond donors (Lipinski definition) is 1. The Bertz CT molecular complexity index is 1630. The largest absolute Gasteiger partial charge is 0.494 e. The minimum atomic E-state index is -0.344. The molecule has 0 radical (unpaired) electrons. The van der Waals surface area contributed by atoms with Crippen LogP contribution in [0.2, 0.25) is 0 Å². The number of hydrogen-bond acceptors (Lipinski definition) is 6. The predicted molar refractivity (Wildman–Crippen MR) is 161 cm³/mol. The highest BCUT2D eigenvalue weighted by Gasteiger charge is 2.38. The van der Waals surface area contributed by atoms with E-state index in [0.717, 1.165) is 28.6 Å². The lowest BCUT2D eigenvalue weighted by Crippen LogP contribution is -2.47. The highest BCUT2D eigenvalue weighted by Crippen LogP contribution is 2.31. The van der Waals surface area contributed by atoms with Gasteiger partial charge in [0.15, 0.2) is 0 Å². The molecule has 2 atom stereocenters. The molecule has 6 rings (SSSR count). The van der Waals surface area contributed by atoms with Gasteiger partial charge in [0.2, 0.25) is 17.7 Å². The topological polar surface area (TPSA) is 106 Å². The molecule has 10 nitrogen and oxygen atoms in total. The molecule has 1 saturated heterocycles. The van der Waals surface area contributed by atoms with Crippen molar-refractivity contribution >= 4 is 28.6 Å². The SMILES string of the molecule is COc1cc(C(=O)N2C[C@@H]3NC(=O)CN(C(=O)Cn4ccc5ccccc54)CCCCOc4cccc(c4)[C@H]3C2)ccn1. The quantitative estimate of drug-likeness (QED) is 0.396. The molecule has 2 aromatic heterocycles. The van der Waals surface area contributed by atoms with E-state index in [-0.39, 0.29) is 42.8 Å². The van der Waals surface area contributed by atoms with Gasteiger partial charge in [-0.3, -0.25) is 14.4 Å². The maximum absolute atomic E-state index is 13.5. The molecule has 0 saturated carbocycles. The molecule has 0 spiro atoms. The first kappa shape index (κ1) is 28.3. The van der Waals surface area contributed by atoms with Crippen molar-refractivity contribution in [1.82, 2.24) is 24.7 Å². The fourth-order valence-electron chi connectivity index (χ4n) is 5.96. The summed E-state index contributed by atoms with van der Waals surface area (Å²) in [5.41, 5.74) is 2.42. The smallest absolute Gasteiger partial charge is 0.254 e. The molecule has 2 bridgehead atoms. The van der Waals surface area contributed by atoms with Crippen molar-refractivity contribution in [3.8, 4) is 11.6 Å². The molecule has 1 fully saturated rings. The van der Waals surface area contributed by atoms with Crippen LogP contribution in [0.4, 0.5) is 0 Å². The zero-order chi connectivity index (χ0) is 29.8. The Labute approximate surface area is 250 Å². The van der Waals surface area contributed by atoms with E-state index in [2.05, 4.69) is 10.3 Å². The van der Waals surface area contributed by atoms with Crippen molar-refractivity contribution in [2.24, 2.45) is 0 Å². The Morgan fingerprint density at radius 2 is 1.91 bits per heavy atom. The molecule has 4 aromatic rings. The van der Waals surface area contributed by atoms with Gasteiger partial charge in [-0.2, -0.15) is 0 Å². The van der Waals surface area contributed by atoms with E-state index < -0.39 is 0 Å². The summed E-state index contributed by atoms with van der Waals surface area (Å²) in [4.78, 5) is 48.0. The molecule has 1 N–H and O–H groups in total. The predicted octanol–water partition coefficient (Wildman–Crippen LogP) is 3.47. The maximum Gasteiger partial charge on any atom is 0.254 e. The zero-order valence-electron chi connectivity index (χ0n) is 24.1. The second kappa shape index (κ2) is 12.6. The number of aromatic nitrogens is 2. The summed E-state index contributed by atoms with van der Waals surface area (Å²) in [6, 6.07) is 20.7. The normalized spacial score (nSPS) is 19.2. The first-order valence-corrected chi connectivity index (χ1v) is 14.6. The van der Waals surface area contributed by atoms with Crippen LogP contribution < -0.4 is 14.8 Å². The molecular weight excluding hydrogens is 546 g/mol. The van der Waals surface area contributed by atoms with Crippen LogP contribution in [0.5, 0.6) is 11.6 Å². The summed E-state index contributed by atoms with van der Waals surface area (Å²) >= 11 is 0. The molecule has 0 unspecified atom stereocenters. The Morgan fingerprint density at radius 3 is 2.79 bits per heavy atom. The number of ether oxygens (including phenoxy) is 2. The van der Waals surface area contributed by atoms with E-state index in [9.17, 15) is 14.4 Å². The number of fused-ring (bicyclic) bond motifs is 5. The number of pyridine rings is 1. The van der Waals surface area contributed by atoms with E-state index in [1.54, 1.807) is 28.1 Å². The molecule has 10 heteroatoms. The number of nitrogens with one attached hydrogen (secondary N) is 1. The summed E-state index contributed by atoms with van der Waals surface area (Å²) in [6.45, 7) is 1.78. The van der Waals surface area contributed by atoms with Gasteiger partial charge in [0.25, 0.3) is 5.91 Å². The fourth-order valence-corrected chi connectivity index (χ4v) is 5.96. The average Bonchev–Trinajstić information content (AvgIpc) is 3.64. The van der Waals surface area contributed by atoms with Crippen LogP contribution in [0.25, 0.3) is 10.9 Å². The van der Waals surface area contributed by atoms with Gasteiger partial charge in [-0.1, -0.05) is 30.3 Å². The maximum atomic E-state index is 13.5. The highest BCUT2D eigenvalue weighted by molar-refractivity contribution is 5.95. The standard InChI is InChI=1S/C33H35N5O5/c1-42-31-18-25(11-13-34-31)33(41)38-19-27-24-8-6-9-26(17-24)43-16-5-4-14-37(21-30(39)35-28(27)20-38)32(40)22-36-15-12-23-7-2-3-10-29(23)36/h2-3,6-13,15,17-18,27-28H,4-5,14,16,19-22H2,1H3,(H,35,39)/t27-,28+/m1/s1. The van der Waals surface area contributed by atoms with Crippen LogP contribution in [-0.4, -0.2) is 83.0 Å². The van der Waals surface area contributed by atoms with Crippen LogP contribution in [0.1, 0.15) is 34.7 Å². The van der Waals surface area contributed by atoms with Gasteiger partial charge in [-0.05, 0) is 54.1 Å². The van der Waals surface area contributed by atoms with Crippen LogP contribution in [-0.2, 0) is 16.1 Å². The number of para-hydroxylation sites is 1. The minimum Gasteiger partial charge on any atom is -0.494 e. The monoisotopic (exact) mass is 581 g/mol. The number of carbonyl (C=O) groups excluding carboxylic acids is 3. The summed E-state index contributed by atoms with van der Waals surface area (Å²) < 4.78 is 13.2. The summed E-state index contributed by atoms with van der Waals surface area (Å²) in [7, 11) is 1.51. The molecule has 222 valence electrons. The number of methoxy groups -OCH3 is 1. The lowest BCUT2D eigenvalue weighted by Gasteiger charge is -2.26. The molecule has 2 aliphatic heterocycles. The van der Waals surface area contributed by atoms with Crippen molar-refractivity contribution < 1.29 is 23.9 Å². The molecule has 4 heterocycles. The van der Waals surface area contributed by atoms with Crippen molar-refractivity contribution in [2.75, 3.05) is 39.9 Å². The van der Waals surface area contributed by atoms with Gasteiger partial charge in [-0.25, -0.2) is 4.98 Å². The first-order valence-electron chi connectivity index (χ1n) is 14.6. The van der Waals surface area contributed by atoms with E-state index in [1.165, 1.54) is 7.11 Å². The van der Waals surface area contributed by atoms with Crippen molar-refractivity contribution in [1.29, 1.82) is 0 Å². The third-order valence-electron chi connectivity index (χ3n) is 8.19. The number of carbonyl (C=O) groups is 3. The fraction of sp³-hybridized carbons (Fsp3) is 0.333. The van der Waals surface area contributed by atoms with Gasteiger partial charge in [0, 0.05) is 55.1 Å². The van der Waals surface area contributed by atoms with Gasteiger partial charge in [-0.15, -0.1) is 0 Å². The highest BCUT2D eigenvalue weighted by atomic mass is 16.5. The van der Waals surface area contributed by atoms with E-state index >= 15 is 0 Å². The van der Waals surface area contributed by atoms with Crippen LogP contribution in [0.15, 0.2) is 79.1 Å². The van der Waals surface area contributed by atoms with E-state index in [4.69, 9.17) is 9.47 Å². The second-order valence-electron chi connectivity index (χ2n) is 11.0. The van der Waals surface area contributed by atoms with Crippen molar-refractivity contribution in [2.45, 2.75) is 31.3 Å². The van der Waals surface area contributed by atoms with Gasteiger partial charge >= 0.3 is 0 Å². The molecule has 3 amide bonds. The van der Waals surface area contributed by atoms with Gasteiger partial charge < -0.3 is 29.2 Å². The minimum absolute atomic E-state index is 0.0579. The van der Waals surface area contributed by atoms with Crippen molar-refractivity contribution in [3.63, 3.8) is 0 Å².